The minimum Gasteiger partial charge on any atom is -0.756 e. The van der Waals surface area contributed by atoms with Crippen LogP contribution in [-0.4, -0.2) is 81.2 Å². The summed E-state index contributed by atoms with van der Waals surface area (Å²) in [4.78, 5) is 37.5. The summed E-state index contributed by atoms with van der Waals surface area (Å²) in [6, 6.07) is 0. The van der Waals surface area contributed by atoms with Gasteiger partial charge in [0.05, 0.1) is 33.9 Å². The number of ether oxygens (including phenoxy) is 2. The van der Waals surface area contributed by atoms with Gasteiger partial charge in [-0.2, -0.15) is 0 Å². The normalized spacial score (nSPS) is 14.7. The summed E-state index contributed by atoms with van der Waals surface area (Å²) < 4.78 is 33.8. The van der Waals surface area contributed by atoms with E-state index in [1.165, 1.54) is 44.9 Å². The van der Waals surface area contributed by atoms with Crippen molar-refractivity contribution >= 4 is 19.8 Å². The van der Waals surface area contributed by atoms with Crippen LogP contribution in [0.25, 0.3) is 0 Å². The predicted molar refractivity (Wildman–Crippen MR) is 232 cm³/mol. The van der Waals surface area contributed by atoms with Crippen molar-refractivity contribution in [3.63, 3.8) is 0 Å². The zero-order chi connectivity index (χ0) is 42.3. The average molecular weight is 824 g/mol. The first-order valence-electron chi connectivity index (χ1n) is 22.1. The second-order valence-corrected chi connectivity index (χ2v) is 17.3. The minimum atomic E-state index is -4.65. The Morgan fingerprint density at radius 2 is 1.12 bits per heavy atom. The van der Waals surface area contributed by atoms with Crippen molar-refractivity contribution in [3.05, 3.63) is 60.8 Å². The average Bonchev–Trinajstić information content (AvgIpc) is 3.16. The Labute approximate surface area is 348 Å². The molecule has 0 aromatic carbocycles. The van der Waals surface area contributed by atoms with E-state index < -0.39 is 32.5 Å². The van der Waals surface area contributed by atoms with Crippen LogP contribution < -0.4 is 4.89 Å². The molecule has 0 aromatic rings. The SMILES string of the molecule is CCCCCCCC/C=C\CCCCCCCC(=O)OC[C@H](COP(=O)([O-])OCC[N+](C)(C)C)OC(=O)CCC/C=C\C/C=C\C/C=C\C/C=C\CC[C@H](O)CC. The van der Waals surface area contributed by atoms with Gasteiger partial charge in [-0.25, -0.2) is 0 Å². The summed E-state index contributed by atoms with van der Waals surface area (Å²) in [7, 11) is 1.10. The first-order valence-corrected chi connectivity index (χ1v) is 23.5. The third-order valence-corrected chi connectivity index (χ3v) is 10.1. The van der Waals surface area contributed by atoms with Crippen LogP contribution in [-0.2, 0) is 32.7 Å². The zero-order valence-electron chi connectivity index (χ0n) is 36.6. The molecule has 3 atom stereocenters. The number of phosphoric ester groups is 1. The number of carbonyl (C=O) groups excluding carboxylic acids is 2. The highest BCUT2D eigenvalue weighted by Gasteiger charge is 2.21. The molecular weight excluding hydrogens is 741 g/mol. The number of carbonyl (C=O) groups is 2. The van der Waals surface area contributed by atoms with Crippen LogP contribution in [0.3, 0.4) is 0 Å². The van der Waals surface area contributed by atoms with Crippen LogP contribution in [0.15, 0.2) is 60.8 Å². The van der Waals surface area contributed by atoms with Crippen LogP contribution in [0.4, 0.5) is 0 Å². The van der Waals surface area contributed by atoms with Gasteiger partial charge in [0.2, 0.25) is 0 Å². The highest BCUT2D eigenvalue weighted by molar-refractivity contribution is 7.45. The molecule has 0 amide bonds. The Balaban J connectivity index is 4.49. The molecule has 0 saturated heterocycles. The van der Waals surface area contributed by atoms with Crippen molar-refractivity contribution in [1.29, 1.82) is 0 Å². The summed E-state index contributed by atoms with van der Waals surface area (Å²) in [5.74, 6) is -0.932. The molecular formula is C46H82NO9P. The molecule has 0 fully saturated rings. The second kappa shape index (κ2) is 37.9. The fourth-order valence-corrected chi connectivity index (χ4v) is 6.23. The van der Waals surface area contributed by atoms with E-state index in [1.54, 1.807) is 0 Å². The fraction of sp³-hybridized carbons (Fsp3) is 0.739. The summed E-state index contributed by atoms with van der Waals surface area (Å²) in [5.41, 5.74) is 0. The molecule has 0 radical (unpaired) electrons. The van der Waals surface area contributed by atoms with Crippen molar-refractivity contribution in [3.8, 4) is 0 Å². The lowest BCUT2D eigenvalue weighted by atomic mass is 10.1. The number of hydrogen-bond donors (Lipinski definition) is 1. The topological polar surface area (TPSA) is 131 Å². The number of esters is 2. The standard InChI is InChI=1S/C46H82NO9P/c1-6-8-9-10-11-12-13-14-15-19-22-25-28-31-34-37-45(49)53-41-44(42-55-57(51,52)54-40-39-47(3,4)5)56-46(50)38-35-32-29-26-23-20-17-16-18-21-24-27-30-33-36-43(48)7-2/h14-15,17-18,20-21,26-27,29-30,43-44,48H,6-13,16,19,22-25,28,31-42H2,1-5H3/b15-14-,20-17-,21-18-,29-26-,30-27-/t43-,44-/m1/s1. The van der Waals surface area contributed by atoms with Gasteiger partial charge < -0.3 is 33.0 Å². The van der Waals surface area contributed by atoms with Gasteiger partial charge in [-0.1, -0.05) is 126 Å². The van der Waals surface area contributed by atoms with E-state index >= 15 is 0 Å². The van der Waals surface area contributed by atoms with Gasteiger partial charge in [-0.15, -0.1) is 0 Å². The summed E-state index contributed by atoms with van der Waals surface area (Å²) in [5, 5.41) is 9.57. The Morgan fingerprint density at radius 1 is 0.632 bits per heavy atom. The van der Waals surface area contributed by atoms with Crippen LogP contribution in [0, 0.1) is 0 Å². The van der Waals surface area contributed by atoms with Crippen molar-refractivity contribution in [1.82, 2.24) is 0 Å². The molecule has 0 spiro atoms. The van der Waals surface area contributed by atoms with Gasteiger partial charge in [0, 0.05) is 12.8 Å². The summed E-state index contributed by atoms with van der Waals surface area (Å²) in [6.07, 6.45) is 42.0. The number of aliphatic hydroxyl groups excluding tert-OH is 1. The fourth-order valence-electron chi connectivity index (χ4n) is 5.50. The van der Waals surface area contributed by atoms with E-state index in [0.717, 1.165) is 70.6 Å². The monoisotopic (exact) mass is 824 g/mol. The minimum absolute atomic E-state index is 0.0509. The number of quaternary nitrogens is 1. The maximum absolute atomic E-state index is 12.6. The smallest absolute Gasteiger partial charge is 0.306 e. The molecule has 11 heteroatoms. The van der Waals surface area contributed by atoms with Gasteiger partial charge >= 0.3 is 11.9 Å². The molecule has 57 heavy (non-hydrogen) atoms. The van der Waals surface area contributed by atoms with E-state index in [9.17, 15) is 24.2 Å². The maximum atomic E-state index is 12.6. The van der Waals surface area contributed by atoms with E-state index in [2.05, 4.69) is 61.6 Å². The molecule has 1 unspecified atom stereocenters. The molecule has 0 heterocycles. The number of rotatable bonds is 39. The Hall–Kier alpha value is -2.33. The molecule has 0 aliphatic rings. The lowest BCUT2D eigenvalue weighted by molar-refractivity contribution is -0.870. The number of unbranched alkanes of at least 4 members (excludes halogenated alkanes) is 12. The van der Waals surface area contributed by atoms with Gasteiger partial charge in [0.15, 0.2) is 6.10 Å². The highest BCUT2D eigenvalue weighted by atomic mass is 31.2. The van der Waals surface area contributed by atoms with E-state index in [1.807, 2.05) is 34.1 Å². The third kappa shape index (κ3) is 41.6. The number of allylic oxidation sites excluding steroid dienone is 10. The van der Waals surface area contributed by atoms with Crippen molar-refractivity contribution < 1.29 is 47.2 Å². The van der Waals surface area contributed by atoms with Gasteiger partial charge in [0.1, 0.15) is 19.8 Å². The highest BCUT2D eigenvalue weighted by Crippen LogP contribution is 2.38. The zero-order valence-corrected chi connectivity index (χ0v) is 37.5. The van der Waals surface area contributed by atoms with Gasteiger partial charge in [-0.05, 0) is 83.5 Å². The molecule has 10 nitrogen and oxygen atoms in total. The molecule has 0 aliphatic carbocycles. The first kappa shape index (κ1) is 54.7. The largest absolute Gasteiger partial charge is 0.756 e. The van der Waals surface area contributed by atoms with Crippen molar-refractivity contribution in [2.75, 3.05) is 47.5 Å². The summed E-state index contributed by atoms with van der Waals surface area (Å²) >= 11 is 0. The number of nitrogens with zero attached hydrogens (tertiary/aromatic N) is 1. The Morgan fingerprint density at radius 3 is 1.70 bits per heavy atom. The molecule has 330 valence electrons. The lowest BCUT2D eigenvalue weighted by Gasteiger charge is -2.28. The molecule has 0 bridgehead atoms. The molecule has 0 rings (SSSR count). The van der Waals surface area contributed by atoms with Crippen LogP contribution >= 0.6 is 7.82 Å². The maximum Gasteiger partial charge on any atom is 0.306 e. The van der Waals surface area contributed by atoms with Crippen LogP contribution in [0.2, 0.25) is 0 Å². The van der Waals surface area contributed by atoms with Crippen molar-refractivity contribution in [2.45, 2.75) is 174 Å². The molecule has 0 aromatic heterocycles. The van der Waals surface area contributed by atoms with E-state index in [-0.39, 0.29) is 32.2 Å². The van der Waals surface area contributed by atoms with E-state index in [4.69, 9.17) is 18.5 Å². The number of phosphoric acid groups is 1. The first-order chi connectivity index (χ1) is 27.4. The molecule has 1 N–H and O–H groups in total. The Kier molecular flexibility index (Phi) is 36.4. The quantitative estimate of drug-likeness (QED) is 0.0212. The number of likely N-dealkylation sites (N-methyl/N-ethyl adjacent to an activating group) is 1. The van der Waals surface area contributed by atoms with Crippen LogP contribution in [0.1, 0.15) is 162 Å². The van der Waals surface area contributed by atoms with Gasteiger partial charge in [-0.3, -0.25) is 14.2 Å². The molecule has 0 aliphatic heterocycles. The lowest BCUT2D eigenvalue weighted by Crippen LogP contribution is -2.37. The number of aliphatic hydroxyl groups is 1. The number of hydrogen-bond acceptors (Lipinski definition) is 9. The van der Waals surface area contributed by atoms with E-state index in [0.29, 0.717) is 30.3 Å². The second-order valence-electron chi connectivity index (χ2n) is 15.8. The van der Waals surface area contributed by atoms with Gasteiger partial charge in [0.25, 0.3) is 7.82 Å². The summed E-state index contributed by atoms with van der Waals surface area (Å²) in [6.45, 7) is 3.84. The van der Waals surface area contributed by atoms with Crippen molar-refractivity contribution in [2.24, 2.45) is 0 Å². The van der Waals surface area contributed by atoms with Crippen LogP contribution in [0.5, 0.6) is 0 Å². The third-order valence-electron chi connectivity index (χ3n) is 9.17. The predicted octanol–water partition coefficient (Wildman–Crippen LogP) is 10.8. The molecule has 0 saturated carbocycles. The Bertz CT molecular complexity index is 1170.